The summed E-state index contributed by atoms with van der Waals surface area (Å²) in [5.74, 6) is 0.0991. The molecule has 0 radical (unpaired) electrons. The summed E-state index contributed by atoms with van der Waals surface area (Å²) in [6.07, 6.45) is -0.209. The molecule has 0 saturated carbocycles. The summed E-state index contributed by atoms with van der Waals surface area (Å²) >= 11 is 6.97. The molecule has 0 spiro atoms. The van der Waals surface area contributed by atoms with Crippen molar-refractivity contribution in [3.63, 3.8) is 0 Å². The predicted molar refractivity (Wildman–Crippen MR) is 143 cm³/mol. The van der Waals surface area contributed by atoms with Crippen molar-refractivity contribution in [2.24, 2.45) is 0 Å². The van der Waals surface area contributed by atoms with Gasteiger partial charge in [0.25, 0.3) is 0 Å². The Hall–Kier alpha value is -2.03. The fraction of sp³-hybridized carbons (Fsp3) is 0.296. The number of carbonyl (C=O) groups excluding carboxylic acids is 1. The van der Waals surface area contributed by atoms with Crippen LogP contribution in [-0.2, 0) is 11.3 Å². The molecule has 5 rings (SSSR count). The van der Waals surface area contributed by atoms with E-state index in [9.17, 15) is 4.79 Å². The summed E-state index contributed by atoms with van der Waals surface area (Å²) in [5, 5.41) is 0. The molecule has 3 aromatic carbocycles. The number of thiol groups is 1. The first kappa shape index (κ1) is 22.7. The maximum atomic E-state index is 12.8. The van der Waals surface area contributed by atoms with Crippen LogP contribution in [0.25, 0.3) is 11.1 Å². The van der Waals surface area contributed by atoms with Gasteiger partial charge in [0.1, 0.15) is 6.61 Å². The Bertz CT molecular complexity index is 1120. The predicted octanol–water partition coefficient (Wildman–Crippen LogP) is 5.96. The van der Waals surface area contributed by atoms with Crippen LogP contribution in [0.3, 0.4) is 0 Å². The number of amides is 1. The van der Waals surface area contributed by atoms with Crippen LogP contribution in [0.15, 0.2) is 65.6 Å². The lowest BCUT2D eigenvalue weighted by Gasteiger charge is -2.34. The molecule has 1 aliphatic carbocycles. The number of nitrogens with zero attached hydrogens (tertiary/aromatic N) is 2. The Morgan fingerprint density at radius 3 is 2.21 bits per heavy atom. The highest BCUT2D eigenvalue weighted by molar-refractivity contribution is 14.1. The Morgan fingerprint density at radius 2 is 1.61 bits per heavy atom. The van der Waals surface area contributed by atoms with Crippen LogP contribution in [0, 0.1) is 10.5 Å². The minimum absolute atomic E-state index is 0.0991. The molecule has 4 nitrogen and oxygen atoms in total. The number of carbonyl (C=O) groups is 1. The number of benzene rings is 3. The first-order chi connectivity index (χ1) is 16.0. The average Bonchev–Trinajstić information content (AvgIpc) is 3.15. The second-order valence-corrected chi connectivity index (χ2v) is 10.4. The molecule has 1 fully saturated rings. The third-order valence-corrected chi connectivity index (χ3v) is 8.33. The Kier molecular flexibility index (Phi) is 6.67. The molecule has 0 bridgehead atoms. The first-order valence-corrected chi connectivity index (χ1v) is 12.8. The summed E-state index contributed by atoms with van der Waals surface area (Å²) in [7, 11) is 0. The molecule has 3 aromatic rings. The zero-order valence-electron chi connectivity index (χ0n) is 18.6. The van der Waals surface area contributed by atoms with E-state index in [0.29, 0.717) is 19.7 Å². The normalized spacial score (nSPS) is 15.9. The van der Waals surface area contributed by atoms with Crippen LogP contribution in [0.5, 0.6) is 0 Å². The Labute approximate surface area is 214 Å². The van der Waals surface area contributed by atoms with Gasteiger partial charge in [-0.25, -0.2) is 4.79 Å². The summed E-state index contributed by atoms with van der Waals surface area (Å²) < 4.78 is 7.08. The molecular formula is C27H27IN2O2S. The number of ether oxygens (including phenoxy) is 1. The van der Waals surface area contributed by atoms with Crippen molar-refractivity contribution >= 4 is 41.3 Å². The highest BCUT2D eigenvalue weighted by Crippen LogP contribution is 2.44. The van der Waals surface area contributed by atoms with Gasteiger partial charge >= 0.3 is 6.09 Å². The highest BCUT2D eigenvalue weighted by atomic mass is 127. The van der Waals surface area contributed by atoms with Gasteiger partial charge in [0.15, 0.2) is 0 Å². The second kappa shape index (κ2) is 9.68. The summed E-state index contributed by atoms with van der Waals surface area (Å²) in [6, 6.07) is 21.2. The van der Waals surface area contributed by atoms with E-state index in [1.54, 1.807) is 0 Å². The van der Waals surface area contributed by atoms with Crippen LogP contribution < -0.4 is 0 Å². The van der Waals surface area contributed by atoms with Gasteiger partial charge in [-0.05, 0) is 75.0 Å². The standard InChI is InChI=1S/C27H27IN2O2S/c1-18-25(28)14-19(15-26(18)33)16-29-10-12-30(13-11-29)27(31)32-17-24-22-8-4-2-6-20(22)21-7-3-5-9-23(21)24/h2-9,14-15,24,33H,10-13,16-17H2,1H3. The van der Waals surface area contributed by atoms with Crippen LogP contribution in [0.4, 0.5) is 4.79 Å². The minimum atomic E-state index is -0.209. The molecule has 0 aromatic heterocycles. The zero-order chi connectivity index (χ0) is 22.9. The zero-order valence-corrected chi connectivity index (χ0v) is 21.7. The van der Waals surface area contributed by atoms with E-state index in [2.05, 4.69) is 108 Å². The van der Waals surface area contributed by atoms with E-state index >= 15 is 0 Å². The van der Waals surface area contributed by atoms with Crippen molar-refractivity contribution in [1.29, 1.82) is 0 Å². The SMILES string of the molecule is Cc1c(S)cc(CN2CCN(C(=O)OCC3c4ccccc4-c4ccccc43)CC2)cc1I. The van der Waals surface area contributed by atoms with E-state index in [1.165, 1.54) is 37.0 Å². The lowest BCUT2D eigenvalue weighted by Crippen LogP contribution is -2.48. The van der Waals surface area contributed by atoms with E-state index < -0.39 is 0 Å². The molecule has 1 amide bonds. The molecule has 0 atom stereocenters. The largest absolute Gasteiger partial charge is 0.448 e. The molecule has 170 valence electrons. The van der Waals surface area contributed by atoms with Gasteiger partial charge in [0.2, 0.25) is 0 Å². The minimum Gasteiger partial charge on any atom is -0.448 e. The molecule has 2 aliphatic rings. The first-order valence-electron chi connectivity index (χ1n) is 11.3. The van der Waals surface area contributed by atoms with Crippen molar-refractivity contribution in [3.8, 4) is 11.1 Å². The van der Waals surface area contributed by atoms with Crippen LogP contribution >= 0.6 is 35.2 Å². The van der Waals surface area contributed by atoms with Gasteiger partial charge in [-0.2, -0.15) is 0 Å². The van der Waals surface area contributed by atoms with E-state index in [0.717, 1.165) is 24.5 Å². The fourth-order valence-electron chi connectivity index (χ4n) is 4.84. The molecule has 1 heterocycles. The van der Waals surface area contributed by atoms with Gasteiger partial charge in [-0.15, -0.1) is 12.6 Å². The smallest absolute Gasteiger partial charge is 0.409 e. The topological polar surface area (TPSA) is 32.8 Å². The number of rotatable bonds is 4. The summed E-state index contributed by atoms with van der Waals surface area (Å²) in [4.78, 5) is 18.1. The van der Waals surface area contributed by atoms with Gasteiger partial charge < -0.3 is 9.64 Å². The van der Waals surface area contributed by atoms with E-state index in [1.807, 2.05) is 4.90 Å². The van der Waals surface area contributed by atoms with Crippen molar-refractivity contribution in [3.05, 3.63) is 86.5 Å². The molecule has 0 unspecified atom stereocenters. The summed E-state index contributed by atoms with van der Waals surface area (Å²) in [6.45, 7) is 6.41. The molecule has 1 saturated heterocycles. The van der Waals surface area contributed by atoms with Crippen LogP contribution in [0.2, 0.25) is 0 Å². The lowest BCUT2D eigenvalue weighted by molar-refractivity contribution is 0.0728. The number of piperazine rings is 1. The van der Waals surface area contributed by atoms with Crippen LogP contribution in [-0.4, -0.2) is 48.7 Å². The number of halogens is 1. The Balaban J connectivity index is 1.17. The summed E-state index contributed by atoms with van der Waals surface area (Å²) in [5.41, 5.74) is 7.48. The van der Waals surface area contributed by atoms with Gasteiger partial charge in [0, 0.05) is 47.1 Å². The third-order valence-electron chi connectivity index (χ3n) is 6.75. The maximum Gasteiger partial charge on any atom is 0.409 e. The molecule has 0 N–H and O–H groups in total. The van der Waals surface area contributed by atoms with Crippen molar-refractivity contribution in [2.75, 3.05) is 32.8 Å². The third kappa shape index (κ3) is 4.66. The monoisotopic (exact) mass is 570 g/mol. The van der Waals surface area contributed by atoms with Gasteiger partial charge in [-0.1, -0.05) is 48.5 Å². The van der Waals surface area contributed by atoms with Gasteiger partial charge in [0.05, 0.1) is 0 Å². The number of hydrogen-bond donors (Lipinski definition) is 1. The fourth-order valence-corrected chi connectivity index (χ4v) is 6.03. The molecule has 33 heavy (non-hydrogen) atoms. The highest BCUT2D eigenvalue weighted by Gasteiger charge is 2.30. The molecule has 1 aliphatic heterocycles. The van der Waals surface area contributed by atoms with E-state index in [4.69, 9.17) is 4.74 Å². The van der Waals surface area contributed by atoms with Gasteiger partial charge in [-0.3, -0.25) is 4.90 Å². The quantitative estimate of drug-likeness (QED) is 0.311. The van der Waals surface area contributed by atoms with Crippen LogP contribution in [0.1, 0.15) is 28.2 Å². The Morgan fingerprint density at radius 1 is 1.00 bits per heavy atom. The number of fused-ring (bicyclic) bond motifs is 3. The van der Waals surface area contributed by atoms with Crippen molar-refractivity contribution < 1.29 is 9.53 Å². The lowest BCUT2D eigenvalue weighted by atomic mass is 9.98. The molecule has 6 heteroatoms. The van der Waals surface area contributed by atoms with E-state index in [-0.39, 0.29) is 12.0 Å². The average molecular weight is 570 g/mol. The second-order valence-electron chi connectivity index (χ2n) is 8.79. The maximum absolute atomic E-state index is 12.8. The van der Waals surface area contributed by atoms with Crippen molar-refractivity contribution in [2.45, 2.75) is 24.3 Å². The number of hydrogen-bond acceptors (Lipinski definition) is 4. The molecular weight excluding hydrogens is 543 g/mol. The van der Waals surface area contributed by atoms with Crippen molar-refractivity contribution in [1.82, 2.24) is 9.80 Å².